The highest BCUT2D eigenvalue weighted by molar-refractivity contribution is 6.01. The number of esters is 1. The number of aromatic carboxylic acids is 1. The number of carboxylic acid groups (broad SMARTS) is 1. The highest BCUT2D eigenvalue weighted by Crippen LogP contribution is 2.68. The molecular weight excluding hydrogens is 680 g/mol. The van der Waals surface area contributed by atoms with Crippen molar-refractivity contribution in [3.05, 3.63) is 77.4 Å². The van der Waals surface area contributed by atoms with E-state index in [1.807, 2.05) is 19.9 Å². The molecular formula is C41H48N2O10. The number of aromatic hydroxyl groups is 1. The number of methoxy groups -OCH3 is 1. The molecule has 0 bridgehead atoms. The molecule has 0 spiro atoms. The van der Waals surface area contributed by atoms with E-state index in [0.717, 1.165) is 24.8 Å². The lowest BCUT2D eigenvalue weighted by Gasteiger charge is -2.60. The first-order valence-electron chi connectivity index (χ1n) is 18.3. The molecule has 0 amide bonds. The van der Waals surface area contributed by atoms with Crippen molar-refractivity contribution in [1.82, 2.24) is 0 Å². The third-order valence-corrected chi connectivity index (χ3v) is 12.4. The Kier molecular flexibility index (Phi) is 10.9. The Morgan fingerprint density at radius 3 is 2.58 bits per heavy atom. The highest BCUT2D eigenvalue weighted by Gasteiger charge is 2.69. The van der Waals surface area contributed by atoms with Crippen molar-refractivity contribution < 1.29 is 48.7 Å². The number of allylic oxidation sites excluding steroid dienone is 4. The molecule has 0 saturated heterocycles. The minimum Gasteiger partial charge on any atom is -0.507 e. The Labute approximate surface area is 308 Å². The first-order chi connectivity index (χ1) is 25.3. The zero-order valence-corrected chi connectivity index (χ0v) is 30.6. The van der Waals surface area contributed by atoms with E-state index < -0.39 is 53.1 Å². The number of benzene rings is 2. The maximum absolute atomic E-state index is 14.6. The van der Waals surface area contributed by atoms with Crippen LogP contribution in [0.2, 0.25) is 0 Å². The molecule has 2 aromatic rings. The molecule has 3 fully saturated rings. The molecule has 0 heterocycles. The minimum absolute atomic E-state index is 0.0286. The molecule has 3 N–H and O–H groups in total. The molecule has 3 saturated carbocycles. The first kappa shape index (κ1) is 38.2. The third kappa shape index (κ3) is 7.00. The van der Waals surface area contributed by atoms with Crippen molar-refractivity contribution in [3.63, 3.8) is 0 Å². The van der Waals surface area contributed by atoms with Gasteiger partial charge in [0.05, 0.1) is 23.9 Å². The van der Waals surface area contributed by atoms with Gasteiger partial charge in [0.2, 0.25) is 5.78 Å². The summed E-state index contributed by atoms with van der Waals surface area (Å²) in [5.41, 5.74) is -0.868. The Bertz CT molecular complexity index is 1870. The summed E-state index contributed by atoms with van der Waals surface area (Å²) in [5, 5.41) is 39.4. The largest absolute Gasteiger partial charge is 0.507 e. The number of carbonyl (C=O) groups excluding carboxylic acids is 3. The zero-order chi connectivity index (χ0) is 38.1. The lowest BCUT2D eigenvalue weighted by Crippen LogP contribution is -2.63. The topological polar surface area (TPSA) is 181 Å². The van der Waals surface area contributed by atoms with Gasteiger partial charge in [-0.05, 0) is 92.3 Å². The fourth-order valence-corrected chi connectivity index (χ4v) is 9.81. The summed E-state index contributed by atoms with van der Waals surface area (Å²) in [7, 11) is 1.55. The number of hydrogen-bond donors (Lipinski definition) is 3. The van der Waals surface area contributed by atoms with E-state index in [0.29, 0.717) is 36.9 Å². The number of hydrogen-bond acceptors (Lipinski definition) is 11. The number of ketones is 2. The molecule has 53 heavy (non-hydrogen) atoms. The molecule has 282 valence electrons. The number of rotatable bonds is 13. The van der Waals surface area contributed by atoms with Gasteiger partial charge in [-0.2, -0.15) is 10.2 Å². The fraction of sp³-hybridized carbons (Fsp3) is 0.512. The van der Waals surface area contributed by atoms with Crippen LogP contribution in [0.5, 0.6) is 5.75 Å². The molecule has 0 radical (unpaired) electrons. The van der Waals surface area contributed by atoms with Gasteiger partial charge in [0, 0.05) is 23.9 Å². The Morgan fingerprint density at radius 1 is 1.08 bits per heavy atom. The van der Waals surface area contributed by atoms with E-state index >= 15 is 0 Å². The SMILES string of the molecule is CCCC(OC)OC1(C(=O)COC(=O)Cc2ccccc2N=Nc2ccc(O)c(C(=O)O)c2)CCC2C3CCC4=CC(=O)C=CC4(C)C3C(O)CC21C. The van der Waals surface area contributed by atoms with E-state index in [1.54, 1.807) is 43.5 Å². The zero-order valence-electron chi connectivity index (χ0n) is 30.6. The van der Waals surface area contributed by atoms with Gasteiger partial charge in [-0.15, -0.1) is 0 Å². The highest BCUT2D eigenvalue weighted by atomic mass is 16.7. The summed E-state index contributed by atoms with van der Waals surface area (Å²) >= 11 is 0. The third-order valence-electron chi connectivity index (χ3n) is 12.4. The predicted molar refractivity (Wildman–Crippen MR) is 193 cm³/mol. The number of phenols is 1. The maximum atomic E-state index is 14.6. The van der Waals surface area contributed by atoms with Gasteiger partial charge in [-0.1, -0.05) is 57.0 Å². The lowest BCUT2D eigenvalue weighted by atomic mass is 9.46. The Morgan fingerprint density at radius 2 is 1.85 bits per heavy atom. The molecule has 4 aliphatic rings. The smallest absolute Gasteiger partial charge is 0.339 e. The summed E-state index contributed by atoms with van der Waals surface area (Å²) in [6, 6.07) is 10.6. The average molecular weight is 729 g/mol. The second-order valence-corrected chi connectivity index (χ2v) is 15.2. The van der Waals surface area contributed by atoms with Gasteiger partial charge in [-0.25, -0.2) is 4.79 Å². The van der Waals surface area contributed by atoms with Crippen LogP contribution in [0, 0.1) is 28.6 Å². The van der Waals surface area contributed by atoms with Crippen molar-refractivity contribution in [1.29, 1.82) is 0 Å². The van der Waals surface area contributed by atoms with E-state index in [-0.39, 0.29) is 47.0 Å². The fourth-order valence-electron chi connectivity index (χ4n) is 9.81. The molecule has 8 atom stereocenters. The van der Waals surface area contributed by atoms with Crippen molar-refractivity contribution in [2.75, 3.05) is 13.7 Å². The number of fused-ring (bicyclic) bond motifs is 5. The number of carboxylic acids is 1. The summed E-state index contributed by atoms with van der Waals surface area (Å²) < 4.78 is 18.1. The number of nitrogens with zero attached hydrogens (tertiary/aromatic N) is 2. The number of azo groups is 1. The number of Topliss-reactive ketones (excluding diaryl/α,β-unsaturated/α-hetero) is 1. The van der Waals surface area contributed by atoms with E-state index in [1.165, 1.54) is 18.2 Å². The molecule has 12 heteroatoms. The van der Waals surface area contributed by atoms with Crippen molar-refractivity contribution in [3.8, 4) is 5.75 Å². The monoisotopic (exact) mass is 728 g/mol. The van der Waals surface area contributed by atoms with Crippen LogP contribution in [0.25, 0.3) is 0 Å². The van der Waals surface area contributed by atoms with Crippen LogP contribution in [-0.4, -0.2) is 70.5 Å². The summed E-state index contributed by atoms with van der Waals surface area (Å²) in [4.78, 5) is 51.6. The van der Waals surface area contributed by atoms with E-state index in [4.69, 9.17) is 14.2 Å². The normalized spacial score (nSPS) is 31.0. The molecule has 4 aliphatic carbocycles. The molecule has 12 nitrogen and oxygen atoms in total. The molecule has 0 aliphatic heterocycles. The van der Waals surface area contributed by atoms with Crippen molar-refractivity contribution in [2.24, 2.45) is 38.8 Å². The number of aliphatic hydroxyl groups excluding tert-OH is 1. The van der Waals surface area contributed by atoms with E-state index in [2.05, 4.69) is 17.2 Å². The van der Waals surface area contributed by atoms with E-state index in [9.17, 15) is 34.5 Å². The van der Waals surface area contributed by atoms with Crippen LogP contribution in [0.1, 0.15) is 81.6 Å². The van der Waals surface area contributed by atoms with Gasteiger partial charge in [0.1, 0.15) is 16.9 Å². The Balaban J connectivity index is 1.21. The van der Waals surface area contributed by atoms with Gasteiger partial charge < -0.3 is 29.5 Å². The maximum Gasteiger partial charge on any atom is 0.339 e. The standard InChI is InChI=1S/C41H48N2O10/c1-5-8-36(51-4)53-41(18-16-30-28-13-11-25-20-27(44)15-17-39(25,2)37(28)33(46)22-40(30,41)3)34(47)23-52-35(48)19-24-9-6-7-10-31(24)43-42-26-12-14-32(45)29(21-26)38(49)50/h6-7,9-10,12,14-15,17,20-21,28,30,33,36-37,45-46H,5,8,11,13,16,18-19,22-23H2,1-4H3,(H,49,50). The molecule has 2 aromatic carbocycles. The predicted octanol–water partition coefficient (Wildman–Crippen LogP) is 6.97. The minimum atomic E-state index is -1.37. The average Bonchev–Trinajstić information content (AvgIpc) is 3.42. The van der Waals surface area contributed by atoms with Gasteiger partial charge in [0.25, 0.3) is 0 Å². The number of ether oxygens (including phenoxy) is 3. The van der Waals surface area contributed by atoms with Crippen molar-refractivity contribution in [2.45, 2.75) is 90.1 Å². The number of aliphatic hydroxyl groups is 1. The van der Waals surface area contributed by atoms with Crippen LogP contribution in [0.3, 0.4) is 0 Å². The van der Waals surface area contributed by atoms with Gasteiger partial charge in [-0.3, -0.25) is 14.4 Å². The summed E-state index contributed by atoms with van der Waals surface area (Å²) in [6.07, 6.45) is 7.86. The second kappa shape index (κ2) is 15.1. The first-order valence-corrected chi connectivity index (χ1v) is 18.3. The van der Waals surface area contributed by atoms with Crippen LogP contribution >= 0.6 is 0 Å². The van der Waals surface area contributed by atoms with Gasteiger partial charge >= 0.3 is 11.9 Å². The van der Waals surface area contributed by atoms with Crippen LogP contribution < -0.4 is 0 Å². The van der Waals surface area contributed by atoms with Crippen molar-refractivity contribution >= 4 is 34.9 Å². The molecule has 0 aromatic heterocycles. The Hall–Kier alpha value is -4.52. The molecule has 8 unspecified atom stereocenters. The van der Waals surface area contributed by atoms with Crippen LogP contribution in [0.4, 0.5) is 11.4 Å². The lowest BCUT2D eigenvalue weighted by molar-refractivity contribution is -0.248. The quantitative estimate of drug-likeness (QED) is 0.111. The van der Waals surface area contributed by atoms with Crippen LogP contribution in [-0.2, 0) is 35.0 Å². The van der Waals surface area contributed by atoms with Crippen LogP contribution in [0.15, 0.2) is 76.5 Å². The second-order valence-electron chi connectivity index (χ2n) is 15.2. The van der Waals surface area contributed by atoms with Gasteiger partial charge in [0.15, 0.2) is 18.7 Å². The number of carbonyl (C=O) groups is 4. The summed E-state index contributed by atoms with van der Waals surface area (Å²) in [5.74, 6) is -2.77. The molecule has 6 rings (SSSR count). The summed E-state index contributed by atoms with van der Waals surface area (Å²) in [6.45, 7) is 5.62.